The van der Waals surface area contributed by atoms with E-state index in [0.29, 0.717) is 29.6 Å². The van der Waals surface area contributed by atoms with Gasteiger partial charge in [0.2, 0.25) is 0 Å². The molecule has 0 aliphatic heterocycles. The van der Waals surface area contributed by atoms with Gasteiger partial charge in [-0.3, -0.25) is 4.79 Å². The van der Waals surface area contributed by atoms with Crippen LogP contribution in [0.25, 0.3) is 0 Å². The molecule has 1 N–H and O–H groups in total. The van der Waals surface area contributed by atoms with Crippen LogP contribution in [0.15, 0.2) is 24.3 Å². The Bertz CT molecular complexity index is 610. The SMILES string of the molecule is COCC(C)NC(=S)N(C)C1(c2ccccc2Cl)CCCCC1=O. The molecule has 1 aliphatic rings. The summed E-state index contributed by atoms with van der Waals surface area (Å²) in [5.74, 6) is 0.174. The van der Waals surface area contributed by atoms with Crippen LogP contribution in [0, 0.1) is 0 Å². The van der Waals surface area contributed by atoms with Crippen molar-refractivity contribution in [1.82, 2.24) is 10.2 Å². The zero-order chi connectivity index (χ0) is 17.7. The summed E-state index contributed by atoms with van der Waals surface area (Å²) < 4.78 is 5.15. The highest BCUT2D eigenvalue weighted by atomic mass is 35.5. The first kappa shape index (κ1) is 19.2. The number of likely N-dealkylation sites (N-methyl/N-ethyl adjacent to an activating group) is 1. The smallest absolute Gasteiger partial charge is 0.170 e. The van der Waals surface area contributed by atoms with Crippen molar-refractivity contribution in [2.45, 2.75) is 44.2 Å². The van der Waals surface area contributed by atoms with Gasteiger partial charge in [0, 0.05) is 37.2 Å². The molecule has 1 aromatic rings. The molecule has 0 aromatic heterocycles. The molecule has 0 bridgehead atoms. The van der Waals surface area contributed by atoms with Gasteiger partial charge in [-0.1, -0.05) is 29.8 Å². The average Bonchev–Trinajstić information content (AvgIpc) is 2.55. The number of nitrogens with one attached hydrogen (secondary N) is 1. The Labute approximate surface area is 154 Å². The molecular formula is C18H25ClN2O2S. The summed E-state index contributed by atoms with van der Waals surface area (Å²) in [7, 11) is 3.53. The summed E-state index contributed by atoms with van der Waals surface area (Å²) in [6, 6.07) is 7.63. The van der Waals surface area contributed by atoms with Gasteiger partial charge in [0.1, 0.15) is 5.54 Å². The summed E-state index contributed by atoms with van der Waals surface area (Å²) in [6.07, 6.45) is 3.15. The average molecular weight is 369 g/mol. The largest absolute Gasteiger partial charge is 0.383 e. The number of carbonyl (C=O) groups is 1. The molecule has 1 aromatic carbocycles. The number of nitrogens with zero attached hydrogens (tertiary/aromatic N) is 1. The van der Waals surface area contributed by atoms with Gasteiger partial charge in [-0.05, 0) is 44.5 Å². The van der Waals surface area contributed by atoms with E-state index in [1.165, 1.54) is 0 Å². The van der Waals surface area contributed by atoms with E-state index in [1.807, 2.05) is 43.1 Å². The standard InChI is InChI=1S/C18H25ClN2O2S/c1-13(12-23-3)20-17(24)21(2)18(11-7-6-10-16(18)22)14-8-4-5-9-15(14)19/h4-5,8-9,13H,6-7,10-12H2,1-3H3,(H,20,24). The quantitative estimate of drug-likeness (QED) is 0.805. The fraction of sp³-hybridized carbons (Fsp3) is 0.556. The van der Waals surface area contributed by atoms with Crippen molar-refractivity contribution in [2.75, 3.05) is 20.8 Å². The van der Waals surface area contributed by atoms with Crippen LogP contribution in [-0.2, 0) is 15.1 Å². The first-order valence-electron chi connectivity index (χ1n) is 8.25. The van der Waals surface area contributed by atoms with Crippen LogP contribution in [0.5, 0.6) is 0 Å². The zero-order valence-corrected chi connectivity index (χ0v) is 16.0. The lowest BCUT2D eigenvalue weighted by Gasteiger charge is -2.45. The Kier molecular flexibility index (Phi) is 6.61. The topological polar surface area (TPSA) is 41.6 Å². The van der Waals surface area contributed by atoms with Gasteiger partial charge < -0.3 is 15.0 Å². The van der Waals surface area contributed by atoms with Crippen LogP contribution in [0.3, 0.4) is 0 Å². The highest BCUT2D eigenvalue weighted by Gasteiger charge is 2.47. The maximum Gasteiger partial charge on any atom is 0.170 e. The van der Waals surface area contributed by atoms with Crippen LogP contribution in [0.4, 0.5) is 0 Å². The second-order valence-corrected chi connectivity index (χ2v) is 7.13. The molecule has 132 valence electrons. The minimum atomic E-state index is -0.798. The molecule has 2 unspecified atom stereocenters. The monoisotopic (exact) mass is 368 g/mol. The molecule has 0 saturated heterocycles. The lowest BCUT2D eigenvalue weighted by atomic mass is 9.74. The molecule has 0 heterocycles. The Morgan fingerprint density at radius 1 is 1.46 bits per heavy atom. The third-order valence-corrected chi connectivity index (χ3v) is 5.36. The lowest BCUT2D eigenvalue weighted by Crippen LogP contribution is -2.58. The summed E-state index contributed by atoms with van der Waals surface area (Å²) in [5, 5.41) is 4.39. The van der Waals surface area contributed by atoms with Crippen LogP contribution >= 0.6 is 23.8 Å². The number of ketones is 1. The number of benzene rings is 1. The Morgan fingerprint density at radius 2 is 2.17 bits per heavy atom. The van der Waals surface area contributed by atoms with E-state index in [1.54, 1.807) is 7.11 Å². The number of hydrogen-bond donors (Lipinski definition) is 1. The third kappa shape index (κ3) is 3.73. The number of Topliss-reactive ketones (excluding diaryl/α,β-unsaturated/α-hetero) is 1. The van der Waals surface area contributed by atoms with Crippen LogP contribution in [0.1, 0.15) is 38.2 Å². The zero-order valence-electron chi connectivity index (χ0n) is 14.5. The summed E-state index contributed by atoms with van der Waals surface area (Å²) in [5.41, 5.74) is 0.0374. The first-order valence-corrected chi connectivity index (χ1v) is 9.03. The fourth-order valence-corrected chi connectivity index (χ4v) is 4.05. The molecule has 6 heteroatoms. The van der Waals surface area contributed by atoms with E-state index in [4.69, 9.17) is 28.6 Å². The van der Waals surface area contributed by atoms with Crippen molar-refractivity contribution >= 4 is 34.7 Å². The molecule has 24 heavy (non-hydrogen) atoms. The molecule has 2 atom stereocenters. The summed E-state index contributed by atoms with van der Waals surface area (Å²) in [6.45, 7) is 2.54. The predicted octanol–water partition coefficient (Wildman–Crippen LogP) is 3.52. The number of rotatable bonds is 5. The minimum Gasteiger partial charge on any atom is -0.383 e. The van der Waals surface area contributed by atoms with Gasteiger partial charge in [0.25, 0.3) is 0 Å². The predicted molar refractivity (Wildman–Crippen MR) is 101 cm³/mol. The Balaban J connectivity index is 2.38. The number of methoxy groups -OCH3 is 1. The van der Waals surface area contributed by atoms with Crippen molar-refractivity contribution in [3.05, 3.63) is 34.9 Å². The summed E-state index contributed by atoms with van der Waals surface area (Å²) >= 11 is 12.0. The van der Waals surface area contributed by atoms with Gasteiger partial charge in [0.15, 0.2) is 10.9 Å². The van der Waals surface area contributed by atoms with Gasteiger partial charge in [-0.2, -0.15) is 0 Å². The number of halogens is 1. The molecule has 4 nitrogen and oxygen atoms in total. The lowest BCUT2D eigenvalue weighted by molar-refractivity contribution is -0.131. The molecular weight excluding hydrogens is 344 g/mol. The molecule has 0 amide bonds. The van der Waals surface area contributed by atoms with E-state index in [-0.39, 0.29) is 11.8 Å². The van der Waals surface area contributed by atoms with Gasteiger partial charge in [-0.25, -0.2) is 0 Å². The molecule has 2 rings (SSSR count). The maximum atomic E-state index is 13.0. The first-order chi connectivity index (χ1) is 11.4. The van der Waals surface area contributed by atoms with Crippen molar-refractivity contribution in [3.8, 4) is 0 Å². The number of hydrogen-bond acceptors (Lipinski definition) is 3. The molecule has 0 spiro atoms. The second-order valence-electron chi connectivity index (χ2n) is 6.34. The second kappa shape index (κ2) is 8.28. The van der Waals surface area contributed by atoms with Gasteiger partial charge in [-0.15, -0.1) is 0 Å². The Morgan fingerprint density at radius 3 is 2.79 bits per heavy atom. The van der Waals surface area contributed by atoms with E-state index in [2.05, 4.69) is 5.32 Å². The molecule has 1 aliphatic carbocycles. The van der Waals surface area contributed by atoms with Crippen molar-refractivity contribution in [3.63, 3.8) is 0 Å². The highest BCUT2D eigenvalue weighted by Crippen LogP contribution is 2.42. The van der Waals surface area contributed by atoms with E-state index in [9.17, 15) is 4.79 Å². The van der Waals surface area contributed by atoms with Crippen LogP contribution in [0.2, 0.25) is 5.02 Å². The van der Waals surface area contributed by atoms with Crippen molar-refractivity contribution < 1.29 is 9.53 Å². The van der Waals surface area contributed by atoms with E-state index < -0.39 is 5.54 Å². The fourth-order valence-electron chi connectivity index (χ4n) is 3.40. The van der Waals surface area contributed by atoms with Crippen LogP contribution < -0.4 is 5.32 Å². The number of thiocarbonyl (C=S) groups is 1. The van der Waals surface area contributed by atoms with Gasteiger partial charge in [0.05, 0.1) is 6.61 Å². The van der Waals surface area contributed by atoms with Crippen molar-refractivity contribution in [1.29, 1.82) is 0 Å². The van der Waals surface area contributed by atoms with Gasteiger partial charge >= 0.3 is 0 Å². The molecule has 1 fully saturated rings. The minimum absolute atomic E-state index is 0.0620. The molecule has 0 radical (unpaired) electrons. The van der Waals surface area contributed by atoms with Crippen LogP contribution in [-0.4, -0.2) is 42.6 Å². The normalized spacial score (nSPS) is 22.1. The number of ether oxygens (including phenoxy) is 1. The van der Waals surface area contributed by atoms with E-state index in [0.717, 1.165) is 18.4 Å². The summed E-state index contributed by atoms with van der Waals surface area (Å²) in [4.78, 5) is 14.9. The number of carbonyl (C=O) groups excluding carboxylic acids is 1. The molecule has 1 saturated carbocycles. The van der Waals surface area contributed by atoms with Crippen molar-refractivity contribution in [2.24, 2.45) is 0 Å². The Hall–Kier alpha value is -1.17. The maximum absolute atomic E-state index is 13.0. The highest BCUT2D eigenvalue weighted by molar-refractivity contribution is 7.80. The third-order valence-electron chi connectivity index (χ3n) is 4.64. The van der Waals surface area contributed by atoms with E-state index >= 15 is 0 Å².